The molecule has 0 radical (unpaired) electrons. The second-order valence-corrected chi connectivity index (χ2v) is 7.18. The lowest BCUT2D eigenvalue weighted by atomic mass is 9.96. The highest BCUT2D eigenvalue weighted by molar-refractivity contribution is 5.97. The van der Waals surface area contributed by atoms with Crippen LogP contribution in [0.5, 0.6) is 0 Å². The SMILES string of the molecule is Cc1nc(C2(NC(=O)c3cnc4c(c3)c(=O)n(C)c(=O)n4C)CCCC2)no1. The first-order valence-electron chi connectivity index (χ1n) is 9.01. The van der Waals surface area contributed by atoms with Crippen molar-refractivity contribution in [1.29, 1.82) is 0 Å². The molecule has 1 N–H and O–H groups in total. The summed E-state index contributed by atoms with van der Waals surface area (Å²) in [6.07, 6.45) is 4.64. The molecule has 3 heterocycles. The highest BCUT2D eigenvalue weighted by Crippen LogP contribution is 2.37. The second-order valence-electron chi connectivity index (χ2n) is 7.18. The first-order chi connectivity index (χ1) is 13.3. The smallest absolute Gasteiger partial charge is 0.332 e. The summed E-state index contributed by atoms with van der Waals surface area (Å²) in [4.78, 5) is 45.9. The fourth-order valence-corrected chi connectivity index (χ4v) is 3.76. The molecule has 1 saturated carbocycles. The summed E-state index contributed by atoms with van der Waals surface area (Å²) in [5.41, 5.74) is -1.20. The average molecular weight is 384 g/mol. The van der Waals surface area contributed by atoms with Crippen molar-refractivity contribution in [2.45, 2.75) is 38.1 Å². The number of rotatable bonds is 3. The van der Waals surface area contributed by atoms with Gasteiger partial charge in [-0.3, -0.25) is 18.7 Å². The lowest BCUT2D eigenvalue weighted by Crippen LogP contribution is -2.45. The third-order valence-corrected chi connectivity index (χ3v) is 5.32. The van der Waals surface area contributed by atoms with Crippen LogP contribution < -0.4 is 16.6 Å². The number of nitrogens with one attached hydrogen (secondary N) is 1. The van der Waals surface area contributed by atoms with E-state index in [4.69, 9.17) is 4.52 Å². The summed E-state index contributed by atoms with van der Waals surface area (Å²) in [7, 11) is 2.92. The van der Waals surface area contributed by atoms with E-state index in [0.717, 1.165) is 17.4 Å². The topological polar surface area (TPSA) is 125 Å². The van der Waals surface area contributed by atoms with Gasteiger partial charge in [-0.25, -0.2) is 9.78 Å². The number of carbonyl (C=O) groups is 1. The highest BCUT2D eigenvalue weighted by Gasteiger charge is 2.41. The molecule has 1 aliphatic carbocycles. The third-order valence-electron chi connectivity index (χ3n) is 5.32. The van der Waals surface area contributed by atoms with E-state index in [2.05, 4.69) is 20.4 Å². The Bertz CT molecular complexity index is 1200. The van der Waals surface area contributed by atoms with Gasteiger partial charge in [0, 0.05) is 27.2 Å². The van der Waals surface area contributed by atoms with Crippen LogP contribution in [0, 0.1) is 6.92 Å². The van der Waals surface area contributed by atoms with Gasteiger partial charge in [0.25, 0.3) is 11.5 Å². The van der Waals surface area contributed by atoms with Crippen LogP contribution in [0.15, 0.2) is 26.4 Å². The molecule has 1 aliphatic rings. The summed E-state index contributed by atoms with van der Waals surface area (Å²) in [6.45, 7) is 1.70. The molecule has 10 nitrogen and oxygen atoms in total. The van der Waals surface area contributed by atoms with Gasteiger partial charge in [-0.1, -0.05) is 18.0 Å². The predicted octanol–water partition coefficient (Wildman–Crippen LogP) is 0.523. The van der Waals surface area contributed by atoms with Crippen LogP contribution in [-0.2, 0) is 19.6 Å². The summed E-state index contributed by atoms with van der Waals surface area (Å²) < 4.78 is 7.37. The van der Waals surface area contributed by atoms with Crippen molar-refractivity contribution < 1.29 is 9.32 Å². The molecular weight excluding hydrogens is 364 g/mol. The Morgan fingerprint density at radius 3 is 2.57 bits per heavy atom. The fourth-order valence-electron chi connectivity index (χ4n) is 3.76. The van der Waals surface area contributed by atoms with Crippen LogP contribution in [0.25, 0.3) is 11.0 Å². The normalized spacial score (nSPS) is 15.8. The average Bonchev–Trinajstić information content (AvgIpc) is 3.34. The second kappa shape index (κ2) is 6.39. The molecule has 0 atom stereocenters. The Morgan fingerprint density at radius 2 is 1.93 bits per heavy atom. The van der Waals surface area contributed by atoms with Crippen molar-refractivity contribution in [2.24, 2.45) is 14.1 Å². The number of aromatic nitrogens is 5. The van der Waals surface area contributed by atoms with Gasteiger partial charge in [0.05, 0.1) is 10.9 Å². The fraction of sp³-hybridized carbons (Fsp3) is 0.444. The molecule has 0 bridgehead atoms. The number of carbonyl (C=O) groups excluding carboxylic acids is 1. The van der Waals surface area contributed by atoms with Crippen molar-refractivity contribution >= 4 is 16.9 Å². The quantitative estimate of drug-likeness (QED) is 0.698. The molecule has 10 heteroatoms. The first kappa shape index (κ1) is 18.1. The van der Waals surface area contributed by atoms with E-state index in [1.54, 1.807) is 6.92 Å². The Labute approximate surface area is 159 Å². The van der Waals surface area contributed by atoms with Gasteiger partial charge < -0.3 is 9.84 Å². The molecule has 28 heavy (non-hydrogen) atoms. The van der Waals surface area contributed by atoms with Crippen LogP contribution >= 0.6 is 0 Å². The maximum absolute atomic E-state index is 13.0. The Kier molecular flexibility index (Phi) is 4.13. The van der Waals surface area contributed by atoms with Crippen molar-refractivity contribution in [3.63, 3.8) is 0 Å². The maximum Gasteiger partial charge on any atom is 0.332 e. The molecule has 4 rings (SSSR count). The zero-order chi connectivity index (χ0) is 20.1. The molecule has 1 amide bonds. The van der Waals surface area contributed by atoms with Crippen LogP contribution in [0.4, 0.5) is 0 Å². The Morgan fingerprint density at radius 1 is 1.21 bits per heavy atom. The van der Waals surface area contributed by atoms with E-state index in [1.165, 1.54) is 30.9 Å². The zero-order valence-electron chi connectivity index (χ0n) is 15.9. The number of amides is 1. The third kappa shape index (κ3) is 2.72. The standard InChI is InChI=1S/C18H20N6O4/c1-10-20-16(22-28-10)18(6-4-5-7-18)21-14(25)11-8-12-13(19-9-11)23(2)17(27)24(3)15(12)26/h8-9H,4-7H2,1-3H3,(H,21,25). The molecular formula is C18H20N6O4. The minimum absolute atomic E-state index is 0.202. The van der Waals surface area contributed by atoms with Gasteiger partial charge in [-0.15, -0.1) is 0 Å². The molecule has 0 aliphatic heterocycles. The molecule has 0 spiro atoms. The van der Waals surface area contributed by atoms with Crippen LogP contribution in [0.3, 0.4) is 0 Å². The van der Waals surface area contributed by atoms with E-state index in [-0.39, 0.29) is 22.5 Å². The zero-order valence-corrected chi connectivity index (χ0v) is 15.9. The molecule has 3 aromatic heterocycles. The minimum Gasteiger partial charge on any atom is -0.340 e. The Balaban J connectivity index is 1.75. The molecule has 0 saturated heterocycles. The number of pyridine rings is 1. The summed E-state index contributed by atoms with van der Waals surface area (Å²) >= 11 is 0. The lowest BCUT2D eigenvalue weighted by molar-refractivity contribution is 0.0891. The monoisotopic (exact) mass is 384 g/mol. The summed E-state index contributed by atoms with van der Waals surface area (Å²) in [6, 6.07) is 1.46. The van der Waals surface area contributed by atoms with Crippen molar-refractivity contribution in [3.05, 3.63) is 50.4 Å². The van der Waals surface area contributed by atoms with E-state index in [9.17, 15) is 14.4 Å². The maximum atomic E-state index is 13.0. The van der Waals surface area contributed by atoms with E-state index >= 15 is 0 Å². The summed E-state index contributed by atoms with van der Waals surface area (Å²) in [5, 5.41) is 7.23. The highest BCUT2D eigenvalue weighted by atomic mass is 16.5. The summed E-state index contributed by atoms with van der Waals surface area (Å²) in [5.74, 6) is 0.518. The minimum atomic E-state index is -0.696. The van der Waals surface area contributed by atoms with Gasteiger partial charge in [0.1, 0.15) is 11.2 Å². The molecule has 0 aromatic carbocycles. The van der Waals surface area contributed by atoms with Crippen LogP contribution in [0.2, 0.25) is 0 Å². The number of hydrogen-bond acceptors (Lipinski definition) is 7. The number of hydrogen-bond donors (Lipinski definition) is 1. The number of aryl methyl sites for hydroxylation is 2. The molecule has 0 unspecified atom stereocenters. The van der Waals surface area contributed by atoms with Crippen molar-refractivity contribution in [2.75, 3.05) is 0 Å². The largest absolute Gasteiger partial charge is 0.340 e. The van der Waals surface area contributed by atoms with Gasteiger partial charge in [0.2, 0.25) is 5.89 Å². The van der Waals surface area contributed by atoms with Crippen LogP contribution in [-0.4, -0.2) is 30.2 Å². The van der Waals surface area contributed by atoms with Gasteiger partial charge in [0.15, 0.2) is 5.82 Å². The van der Waals surface area contributed by atoms with Crippen LogP contribution in [0.1, 0.15) is 47.8 Å². The first-order valence-corrected chi connectivity index (χ1v) is 9.01. The van der Waals surface area contributed by atoms with E-state index < -0.39 is 16.8 Å². The lowest BCUT2D eigenvalue weighted by Gasteiger charge is -2.26. The van der Waals surface area contributed by atoms with Gasteiger partial charge >= 0.3 is 5.69 Å². The predicted molar refractivity (Wildman–Crippen MR) is 98.9 cm³/mol. The van der Waals surface area contributed by atoms with Gasteiger partial charge in [-0.05, 0) is 18.9 Å². The van der Waals surface area contributed by atoms with E-state index in [1.807, 2.05) is 0 Å². The Hall–Kier alpha value is -3.30. The molecule has 3 aromatic rings. The van der Waals surface area contributed by atoms with Gasteiger partial charge in [-0.2, -0.15) is 4.98 Å². The molecule has 1 fully saturated rings. The van der Waals surface area contributed by atoms with Crippen molar-refractivity contribution in [3.8, 4) is 0 Å². The van der Waals surface area contributed by atoms with Crippen molar-refractivity contribution in [1.82, 2.24) is 29.6 Å². The molecule has 146 valence electrons. The number of fused-ring (bicyclic) bond motifs is 1. The van der Waals surface area contributed by atoms with E-state index in [0.29, 0.717) is 24.6 Å². The number of nitrogens with zero attached hydrogens (tertiary/aromatic N) is 5.